The second kappa shape index (κ2) is 8.56. The highest BCUT2D eigenvalue weighted by Gasteiger charge is 2.40. The highest BCUT2D eigenvalue weighted by molar-refractivity contribution is 5.37. The van der Waals surface area contributed by atoms with Gasteiger partial charge in [-0.3, -0.25) is 4.79 Å². The van der Waals surface area contributed by atoms with Gasteiger partial charge < -0.3 is 25.4 Å². The van der Waals surface area contributed by atoms with Crippen molar-refractivity contribution < 1.29 is 24.9 Å². The van der Waals surface area contributed by atoms with Crippen LogP contribution in [-0.4, -0.2) is 59.3 Å². The van der Waals surface area contributed by atoms with Crippen LogP contribution in [0.4, 0.5) is 0 Å². The molecule has 2 atom stereocenters. The monoisotopic (exact) mass is 291 g/mol. The standard InChI is InChI=1S/C9H19NO3.C5H10O2/c1-7(12)8(13)9(6-11)2-4-10-5-3-9;1-5(2,3)7-4-6/h7-8,10-13H,2-6H2,1H3;4H,1-3H3. The number of hydrogen-bond acceptors (Lipinski definition) is 6. The van der Waals surface area contributed by atoms with Gasteiger partial charge in [0.05, 0.1) is 18.8 Å². The van der Waals surface area contributed by atoms with E-state index in [9.17, 15) is 20.1 Å². The molecule has 6 heteroatoms. The van der Waals surface area contributed by atoms with E-state index in [-0.39, 0.29) is 12.2 Å². The van der Waals surface area contributed by atoms with Crippen LogP contribution in [0, 0.1) is 5.41 Å². The van der Waals surface area contributed by atoms with E-state index < -0.39 is 17.6 Å². The van der Waals surface area contributed by atoms with E-state index in [4.69, 9.17) is 0 Å². The van der Waals surface area contributed by atoms with Crippen molar-refractivity contribution in [1.82, 2.24) is 5.32 Å². The van der Waals surface area contributed by atoms with E-state index in [1.54, 1.807) is 6.92 Å². The average molecular weight is 291 g/mol. The Morgan fingerprint density at radius 1 is 1.30 bits per heavy atom. The van der Waals surface area contributed by atoms with Crippen molar-refractivity contribution in [2.24, 2.45) is 5.41 Å². The van der Waals surface area contributed by atoms with E-state index in [0.29, 0.717) is 6.47 Å². The van der Waals surface area contributed by atoms with E-state index in [2.05, 4.69) is 10.1 Å². The van der Waals surface area contributed by atoms with Gasteiger partial charge in [0.2, 0.25) is 0 Å². The van der Waals surface area contributed by atoms with Gasteiger partial charge in [-0.05, 0) is 53.6 Å². The smallest absolute Gasteiger partial charge is 0.293 e. The highest BCUT2D eigenvalue weighted by atomic mass is 16.5. The van der Waals surface area contributed by atoms with Crippen LogP contribution < -0.4 is 5.32 Å². The number of ether oxygens (including phenoxy) is 1. The first kappa shape index (κ1) is 19.3. The molecule has 1 saturated heterocycles. The molecule has 1 aliphatic rings. The summed E-state index contributed by atoms with van der Waals surface area (Å²) in [4.78, 5) is 9.60. The Morgan fingerprint density at radius 3 is 2.05 bits per heavy atom. The summed E-state index contributed by atoms with van der Waals surface area (Å²) in [5, 5.41) is 31.5. The molecule has 1 heterocycles. The molecule has 0 radical (unpaired) electrons. The Kier molecular flexibility index (Phi) is 8.27. The van der Waals surface area contributed by atoms with Crippen LogP contribution in [-0.2, 0) is 9.53 Å². The Labute approximate surface area is 121 Å². The Bertz CT molecular complexity index is 269. The van der Waals surface area contributed by atoms with Crippen LogP contribution in [0.25, 0.3) is 0 Å². The fraction of sp³-hybridized carbons (Fsp3) is 0.929. The molecule has 1 aliphatic heterocycles. The van der Waals surface area contributed by atoms with Crippen molar-refractivity contribution in [3.63, 3.8) is 0 Å². The van der Waals surface area contributed by atoms with E-state index in [1.165, 1.54) is 0 Å². The fourth-order valence-corrected chi connectivity index (χ4v) is 2.13. The molecular formula is C14H29NO5. The molecule has 0 aromatic rings. The summed E-state index contributed by atoms with van der Waals surface area (Å²) in [6.07, 6.45) is -0.157. The molecule has 6 nitrogen and oxygen atoms in total. The number of piperidine rings is 1. The minimum atomic E-state index is -0.820. The molecule has 20 heavy (non-hydrogen) atoms. The van der Waals surface area contributed by atoms with Gasteiger partial charge >= 0.3 is 0 Å². The van der Waals surface area contributed by atoms with Crippen LogP contribution in [0.1, 0.15) is 40.5 Å². The third-order valence-corrected chi connectivity index (χ3v) is 3.40. The molecule has 0 aromatic heterocycles. The van der Waals surface area contributed by atoms with Gasteiger partial charge in [-0.25, -0.2) is 0 Å². The summed E-state index contributed by atoms with van der Waals surface area (Å²) in [6.45, 7) is 9.02. The molecule has 0 amide bonds. The first-order valence-corrected chi connectivity index (χ1v) is 6.98. The SMILES string of the molecule is CC(C)(C)OC=O.CC(O)C(O)C1(CO)CCNCC1. The van der Waals surface area contributed by atoms with Gasteiger partial charge in [0.1, 0.15) is 5.60 Å². The van der Waals surface area contributed by atoms with Crippen molar-refractivity contribution in [1.29, 1.82) is 0 Å². The lowest BCUT2D eigenvalue weighted by Gasteiger charge is -2.41. The first-order chi connectivity index (χ1) is 9.18. The van der Waals surface area contributed by atoms with Gasteiger partial charge in [-0.15, -0.1) is 0 Å². The number of aliphatic hydroxyl groups excluding tert-OH is 3. The summed E-state index contributed by atoms with van der Waals surface area (Å²) in [5.74, 6) is 0. The zero-order valence-electron chi connectivity index (χ0n) is 12.9. The molecule has 0 saturated carbocycles. The van der Waals surface area contributed by atoms with Crippen LogP contribution in [0.5, 0.6) is 0 Å². The van der Waals surface area contributed by atoms with Gasteiger partial charge in [-0.1, -0.05) is 0 Å². The van der Waals surface area contributed by atoms with Crippen LogP contribution in [0.3, 0.4) is 0 Å². The van der Waals surface area contributed by atoms with Crippen molar-refractivity contribution >= 4 is 6.47 Å². The van der Waals surface area contributed by atoms with Crippen molar-refractivity contribution in [3.8, 4) is 0 Å². The van der Waals surface area contributed by atoms with E-state index in [1.807, 2.05) is 20.8 Å². The number of hydrogen-bond donors (Lipinski definition) is 4. The summed E-state index contributed by atoms with van der Waals surface area (Å²) in [7, 11) is 0. The highest BCUT2D eigenvalue weighted by Crippen LogP contribution is 2.33. The van der Waals surface area contributed by atoms with Gasteiger partial charge in [0.15, 0.2) is 0 Å². The van der Waals surface area contributed by atoms with E-state index >= 15 is 0 Å². The lowest BCUT2D eigenvalue weighted by molar-refractivity contribution is -0.138. The maximum Gasteiger partial charge on any atom is 0.293 e. The van der Waals surface area contributed by atoms with Crippen molar-refractivity contribution in [2.45, 2.75) is 58.3 Å². The van der Waals surface area contributed by atoms with Gasteiger partial charge in [0, 0.05) is 5.41 Å². The maximum absolute atomic E-state index is 9.76. The zero-order chi connectivity index (χ0) is 15.8. The number of carbonyl (C=O) groups excluding carboxylic acids is 1. The lowest BCUT2D eigenvalue weighted by Crippen LogP contribution is -2.50. The minimum Gasteiger partial charge on any atom is -0.462 e. The first-order valence-electron chi connectivity index (χ1n) is 6.98. The quantitative estimate of drug-likeness (QED) is 0.546. The van der Waals surface area contributed by atoms with Crippen molar-refractivity contribution in [2.75, 3.05) is 19.7 Å². The number of aliphatic hydroxyl groups is 3. The molecule has 0 bridgehead atoms. The fourth-order valence-electron chi connectivity index (χ4n) is 2.13. The Hall–Kier alpha value is -0.690. The predicted octanol–water partition coefficient (Wildman–Crippen LogP) is 0.0481. The molecule has 2 unspecified atom stereocenters. The molecular weight excluding hydrogens is 262 g/mol. The Balaban J connectivity index is 0.000000441. The summed E-state index contributed by atoms with van der Waals surface area (Å²) >= 11 is 0. The summed E-state index contributed by atoms with van der Waals surface area (Å²) in [5.41, 5.74) is -0.818. The summed E-state index contributed by atoms with van der Waals surface area (Å²) < 4.78 is 4.55. The third kappa shape index (κ3) is 6.65. The second-order valence-corrected chi connectivity index (χ2v) is 6.28. The Morgan fingerprint density at radius 2 is 1.80 bits per heavy atom. The van der Waals surface area contributed by atoms with Gasteiger partial charge in [0.25, 0.3) is 6.47 Å². The second-order valence-electron chi connectivity index (χ2n) is 6.28. The molecule has 0 spiro atoms. The largest absolute Gasteiger partial charge is 0.462 e. The average Bonchev–Trinajstić information content (AvgIpc) is 2.38. The zero-order valence-corrected chi connectivity index (χ0v) is 12.9. The third-order valence-electron chi connectivity index (χ3n) is 3.40. The number of rotatable bonds is 4. The maximum atomic E-state index is 9.76. The van der Waals surface area contributed by atoms with Crippen LogP contribution in [0.15, 0.2) is 0 Å². The normalized spacial score (nSPS) is 21.1. The van der Waals surface area contributed by atoms with Crippen molar-refractivity contribution in [3.05, 3.63) is 0 Å². The molecule has 0 aliphatic carbocycles. The molecule has 4 N–H and O–H groups in total. The number of carbonyl (C=O) groups is 1. The lowest BCUT2D eigenvalue weighted by atomic mass is 9.73. The predicted molar refractivity (Wildman–Crippen MR) is 76.2 cm³/mol. The summed E-state index contributed by atoms with van der Waals surface area (Å²) in [6, 6.07) is 0. The molecule has 120 valence electrons. The van der Waals surface area contributed by atoms with E-state index in [0.717, 1.165) is 25.9 Å². The van der Waals surface area contributed by atoms with Crippen LogP contribution in [0.2, 0.25) is 0 Å². The molecule has 0 aromatic carbocycles. The topological polar surface area (TPSA) is 99.0 Å². The van der Waals surface area contributed by atoms with Crippen LogP contribution >= 0.6 is 0 Å². The van der Waals surface area contributed by atoms with Gasteiger partial charge in [-0.2, -0.15) is 0 Å². The molecule has 1 fully saturated rings. The molecule has 1 rings (SSSR count). The number of nitrogens with one attached hydrogen (secondary N) is 1. The minimum absolute atomic E-state index is 0.0548.